The van der Waals surface area contributed by atoms with Gasteiger partial charge in [0, 0.05) is 11.7 Å². The summed E-state index contributed by atoms with van der Waals surface area (Å²) < 4.78 is 30.9. The van der Waals surface area contributed by atoms with E-state index in [1.54, 1.807) is 24.3 Å². The first-order valence-electron chi connectivity index (χ1n) is 6.70. The molecule has 1 saturated carbocycles. The fourth-order valence-electron chi connectivity index (χ4n) is 1.59. The smallest absolute Gasteiger partial charge is 0.235 e. The van der Waals surface area contributed by atoms with E-state index in [9.17, 15) is 13.2 Å². The number of amides is 1. The van der Waals surface area contributed by atoms with Crippen molar-refractivity contribution in [3.8, 4) is 5.75 Å². The van der Waals surface area contributed by atoms with Gasteiger partial charge in [-0.05, 0) is 37.1 Å². The van der Waals surface area contributed by atoms with Crippen LogP contribution in [0.3, 0.4) is 0 Å². The van der Waals surface area contributed by atoms with Gasteiger partial charge in [-0.3, -0.25) is 4.79 Å². The summed E-state index contributed by atoms with van der Waals surface area (Å²) in [4.78, 5) is 11.4. The Kier molecular flexibility index (Phi) is 5.03. The van der Waals surface area contributed by atoms with Gasteiger partial charge in [0.15, 0.2) is 0 Å². The first-order chi connectivity index (χ1) is 9.94. The van der Waals surface area contributed by atoms with Crippen molar-refractivity contribution >= 4 is 21.6 Å². The number of nitrogen functional groups attached to an aromatic ring is 1. The van der Waals surface area contributed by atoms with Gasteiger partial charge in [-0.2, -0.15) is 0 Å². The first-order valence-corrected chi connectivity index (χ1v) is 8.35. The number of anilines is 1. The average molecular weight is 313 g/mol. The van der Waals surface area contributed by atoms with Crippen LogP contribution in [0, 0.1) is 0 Å². The maximum absolute atomic E-state index is 11.7. The number of carbonyl (C=O) groups is 1. The van der Waals surface area contributed by atoms with Gasteiger partial charge in [-0.15, -0.1) is 0 Å². The molecular formula is C13H19N3O4S. The molecule has 0 spiro atoms. The highest BCUT2D eigenvalue weighted by atomic mass is 32.2. The lowest BCUT2D eigenvalue weighted by Gasteiger charge is -2.09. The summed E-state index contributed by atoms with van der Waals surface area (Å²) in [5.41, 5.74) is 6.14. The average Bonchev–Trinajstić information content (AvgIpc) is 3.23. The third-order valence-corrected chi connectivity index (χ3v) is 4.18. The normalized spacial score (nSPS) is 14.7. The van der Waals surface area contributed by atoms with E-state index < -0.39 is 10.0 Å². The summed E-state index contributed by atoms with van der Waals surface area (Å²) in [7, 11) is -3.53. The number of rotatable bonds is 8. The lowest BCUT2D eigenvalue weighted by Crippen LogP contribution is -2.39. The zero-order valence-corrected chi connectivity index (χ0v) is 12.4. The molecule has 0 aromatic heterocycles. The summed E-state index contributed by atoms with van der Waals surface area (Å²) in [6.45, 7) is -0.232. The van der Waals surface area contributed by atoms with Crippen molar-refractivity contribution in [2.24, 2.45) is 0 Å². The Bertz CT molecular complexity index is 582. The van der Waals surface area contributed by atoms with Crippen LogP contribution in [-0.2, 0) is 14.8 Å². The summed E-state index contributed by atoms with van der Waals surface area (Å²) in [5, 5.41) is 2.70. The van der Waals surface area contributed by atoms with Crippen molar-refractivity contribution in [3.05, 3.63) is 24.3 Å². The largest absolute Gasteiger partial charge is 0.492 e. The molecule has 0 atom stereocenters. The Labute approximate surface area is 123 Å². The van der Waals surface area contributed by atoms with Gasteiger partial charge in [0.25, 0.3) is 0 Å². The maximum Gasteiger partial charge on any atom is 0.235 e. The number of carbonyl (C=O) groups excluding carboxylic acids is 1. The highest BCUT2D eigenvalue weighted by molar-refractivity contribution is 7.89. The van der Waals surface area contributed by atoms with Gasteiger partial charge in [0.1, 0.15) is 12.4 Å². The second-order valence-electron chi connectivity index (χ2n) is 4.90. The van der Waals surface area contributed by atoms with Gasteiger partial charge in [0.2, 0.25) is 15.9 Å². The minimum Gasteiger partial charge on any atom is -0.492 e. The van der Waals surface area contributed by atoms with E-state index in [0.29, 0.717) is 11.4 Å². The molecule has 1 aromatic rings. The highest BCUT2D eigenvalue weighted by Crippen LogP contribution is 2.18. The monoisotopic (exact) mass is 313 g/mol. The van der Waals surface area contributed by atoms with Crippen LogP contribution in [0.25, 0.3) is 0 Å². The fraction of sp³-hybridized carbons (Fsp3) is 0.462. The zero-order valence-electron chi connectivity index (χ0n) is 11.5. The van der Waals surface area contributed by atoms with E-state index in [-0.39, 0.29) is 30.9 Å². The van der Waals surface area contributed by atoms with E-state index in [0.717, 1.165) is 12.8 Å². The van der Waals surface area contributed by atoms with Crippen molar-refractivity contribution in [2.75, 3.05) is 24.6 Å². The van der Waals surface area contributed by atoms with Crippen LogP contribution < -0.4 is 20.5 Å². The molecule has 1 aliphatic rings. The number of ether oxygens (including phenoxy) is 1. The van der Waals surface area contributed by atoms with Gasteiger partial charge < -0.3 is 15.8 Å². The maximum atomic E-state index is 11.7. The lowest BCUT2D eigenvalue weighted by molar-refractivity contribution is -0.120. The lowest BCUT2D eigenvalue weighted by atomic mass is 10.3. The fourth-order valence-corrected chi connectivity index (χ4v) is 2.39. The predicted molar refractivity (Wildman–Crippen MR) is 79.3 cm³/mol. The minimum atomic E-state index is -3.53. The highest BCUT2D eigenvalue weighted by Gasteiger charge is 2.23. The van der Waals surface area contributed by atoms with E-state index in [1.165, 1.54) is 0 Å². The van der Waals surface area contributed by atoms with Crippen molar-refractivity contribution < 1.29 is 17.9 Å². The molecule has 21 heavy (non-hydrogen) atoms. The van der Waals surface area contributed by atoms with Crippen LogP contribution in [-0.4, -0.2) is 39.3 Å². The van der Waals surface area contributed by atoms with E-state index in [1.807, 2.05) is 0 Å². The van der Waals surface area contributed by atoms with Gasteiger partial charge >= 0.3 is 0 Å². The number of hydrogen-bond acceptors (Lipinski definition) is 5. The van der Waals surface area contributed by atoms with Crippen molar-refractivity contribution in [2.45, 2.75) is 18.9 Å². The topological polar surface area (TPSA) is 111 Å². The second-order valence-corrected chi connectivity index (χ2v) is 6.83. The summed E-state index contributed by atoms with van der Waals surface area (Å²) >= 11 is 0. The molecular weight excluding hydrogens is 294 g/mol. The third kappa shape index (κ3) is 6.01. The third-order valence-electron chi connectivity index (χ3n) is 2.90. The minimum absolute atomic E-state index is 0.00347. The molecule has 0 bridgehead atoms. The molecule has 2 rings (SSSR count). The van der Waals surface area contributed by atoms with Crippen LogP contribution >= 0.6 is 0 Å². The molecule has 1 amide bonds. The molecule has 0 radical (unpaired) electrons. The first kappa shape index (κ1) is 15.6. The quantitative estimate of drug-likeness (QED) is 0.578. The molecule has 1 fully saturated rings. The molecule has 4 N–H and O–H groups in total. The SMILES string of the molecule is Nc1ccc(OCCS(=O)(=O)NCC(=O)NC2CC2)cc1. The molecule has 0 unspecified atom stereocenters. The number of sulfonamides is 1. The Hall–Kier alpha value is -1.80. The number of benzene rings is 1. The molecule has 1 aliphatic carbocycles. The van der Waals surface area contributed by atoms with Gasteiger partial charge in [0.05, 0.1) is 12.3 Å². The van der Waals surface area contributed by atoms with E-state index >= 15 is 0 Å². The standard InChI is InChI=1S/C13H19N3O4S/c14-10-1-5-12(6-2-10)20-7-8-21(18,19)15-9-13(17)16-11-3-4-11/h1-2,5-6,11,15H,3-4,7-9,14H2,(H,16,17). The second kappa shape index (κ2) is 6.77. The Morgan fingerprint density at radius 2 is 1.95 bits per heavy atom. The van der Waals surface area contributed by atoms with Gasteiger partial charge in [-0.25, -0.2) is 13.1 Å². The number of nitrogens with two attached hydrogens (primary N) is 1. The summed E-state index contributed by atoms with van der Waals surface area (Å²) in [5.74, 6) is 0.0278. The molecule has 0 saturated heterocycles. The molecule has 8 heteroatoms. The Morgan fingerprint density at radius 1 is 1.29 bits per heavy atom. The molecule has 0 aliphatic heterocycles. The molecule has 7 nitrogen and oxygen atoms in total. The van der Waals surface area contributed by atoms with Crippen LogP contribution in [0.15, 0.2) is 24.3 Å². The van der Waals surface area contributed by atoms with Crippen molar-refractivity contribution in [1.29, 1.82) is 0 Å². The molecule has 1 aromatic carbocycles. The van der Waals surface area contributed by atoms with Crippen LogP contribution in [0.5, 0.6) is 5.75 Å². The number of nitrogens with one attached hydrogen (secondary N) is 2. The van der Waals surface area contributed by atoms with E-state index in [4.69, 9.17) is 10.5 Å². The predicted octanol–water partition coefficient (Wildman–Crippen LogP) is -0.154. The van der Waals surface area contributed by atoms with Crippen molar-refractivity contribution in [1.82, 2.24) is 10.0 Å². The molecule has 116 valence electrons. The van der Waals surface area contributed by atoms with E-state index in [2.05, 4.69) is 10.0 Å². The zero-order chi connectivity index (χ0) is 15.3. The van der Waals surface area contributed by atoms with Crippen molar-refractivity contribution in [3.63, 3.8) is 0 Å². The summed E-state index contributed by atoms with van der Waals surface area (Å²) in [6, 6.07) is 6.89. The Morgan fingerprint density at radius 3 is 2.57 bits per heavy atom. The van der Waals surface area contributed by atoms with Gasteiger partial charge in [-0.1, -0.05) is 0 Å². The number of hydrogen-bond donors (Lipinski definition) is 3. The van der Waals surface area contributed by atoms with Crippen LogP contribution in [0.1, 0.15) is 12.8 Å². The van der Waals surface area contributed by atoms with Crippen LogP contribution in [0.2, 0.25) is 0 Å². The Balaban J connectivity index is 1.68. The molecule has 0 heterocycles. The van der Waals surface area contributed by atoms with Crippen LogP contribution in [0.4, 0.5) is 5.69 Å². The summed E-state index contributed by atoms with van der Waals surface area (Å²) in [6.07, 6.45) is 1.93.